The summed E-state index contributed by atoms with van der Waals surface area (Å²) in [5.74, 6) is 1.61. The molecule has 0 radical (unpaired) electrons. The number of hydrogen-bond acceptors (Lipinski definition) is 5. The van der Waals surface area contributed by atoms with Crippen LogP contribution in [0.15, 0.2) is 12.1 Å². The van der Waals surface area contributed by atoms with Gasteiger partial charge in [-0.2, -0.15) is 9.61 Å². The van der Waals surface area contributed by atoms with Gasteiger partial charge in [0.15, 0.2) is 11.5 Å². The van der Waals surface area contributed by atoms with Gasteiger partial charge in [0.25, 0.3) is 0 Å². The molecule has 2 aromatic rings. The van der Waals surface area contributed by atoms with E-state index in [4.69, 9.17) is 0 Å². The summed E-state index contributed by atoms with van der Waals surface area (Å²) in [4.78, 5) is 16.9. The summed E-state index contributed by atoms with van der Waals surface area (Å²) in [5, 5.41) is 13.2. The van der Waals surface area contributed by atoms with Crippen molar-refractivity contribution < 1.29 is 4.79 Å². The molecule has 0 bridgehead atoms. The van der Waals surface area contributed by atoms with E-state index < -0.39 is 0 Å². The third kappa shape index (κ3) is 3.13. The van der Waals surface area contributed by atoms with Crippen LogP contribution >= 0.6 is 0 Å². The van der Waals surface area contributed by atoms with Crippen molar-refractivity contribution in [2.24, 2.45) is 0 Å². The summed E-state index contributed by atoms with van der Waals surface area (Å²) in [6.45, 7) is 4.76. The highest BCUT2D eigenvalue weighted by Crippen LogP contribution is 2.29. The van der Waals surface area contributed by atoms with Crippen LogP contribution in [0, 0.1) is 6.92 Å². The third-order valence-corrected chi connectivity index (χ3v) is 5.64. The first-order chi connectivity index (χ1) is 12.1. The molecule has 2 aromatic heterocycles. The van der Waals surface area contributed by atoms with E-state index in [-0.39, 0.29) is 6.04 Å². The van der Waals surface area contributed by atoms with Gasteiger partial charge in [-0.25, -0.2) is 0 Å². The molecule has 0 N–H and O–H groups in total. The second-order valence-electron chi connectivity index (χ2n) is 7.38. The molecule has 25 heavy (non-hydrogen) atoms. The van der Waals surface area contributed by atoms with Crippen LogP contribution in [0.3, 0.4) is 0 Å². The Hall–Kier alpha value is -2.02. The van der Waals surface area contributed by atoms with Crippen LogP contribution < -0.4 is 0 Å². The second kappa shape index (κ2) is 6.71. The number of piperidine rings is 1. The minimum absolute atomic E-state index is 0.0592. The molecule has 0 saturated carbocycles. The van der Waals surface area contributed by atoms with Gasteiger partial charge in [0, 0.05) is 19.5 Å². The fraction of sp³-hybridized carbons (Fsp3) is 0.667. The summed E-state index contributed by atoms with van der Waals surface area (Å²) in [5.41, 5.74) is 1.78. The molecular formula is C18H26N6O. The SMILES string of the molecule is Cc1ccc2nnc(C3CCN(C4CCCCN(C)C4=O)CC3)n2n1. The summed E-state index contributed by atoms with van der Waals surface area (Å²) in [6.07, 6.45) is 5.25. The number of fused-ring (bicyclic) bond motifs is 1. The lowest BCUT2D eigenvalue weighted by Crippen LogP contribution is -2.49. The largest absolute Gasteiger partial charge is 0.344 e. The lowest BCUT2D eigenvalue weighted by molar-refractivity contribution is -0.135. The van der Waals surface area contributed by atoms with E-state index in [1.165, 1.54) is 0 Å². The van der Waals surface area contributed by atoms with Crippen LogP contribution in [0.4, 0.5) is 0 Å². The topological polar surface area (TPSA) is 66.6 Å². The van der Waals surface area contributed by atoms with Gasteiger partial charge < -0.3 is 4.90 Å². The predicted octanol–water partition coefficient (Wildman–Crippen LogP) is 1.62. The van der Waals surface area contributed by atoms with Crippen molar-refractivity contribution in [1.29, 1.82) is 0 Å². The van der Waals surface area contributed by atoms with Gasteiger partial charge in [-0.05, 0) is 64.3 Å². The molecule has 2 fully saturated rings. The maximum atomic E-state index is 12.6. The van der Waals surface area contributed by atoms with Crippen LogP contribution in [0.2, 0.25) is 0 Å². The van der Waals surface area contributed by atoms with E-state index >= 15 is 0 Å². The average Bonchev–Trinajstić information content (AvgIpc) is 2.96. The lowest BCUT2D eigenvalue weighted by atomic mass is 9.94. The summed E-state index contributed by atoms with van der Waals surface area (Å²) in [6, 6.07) is 3.99. The van der Waals surface area contributed by atoms with Crippen molar-refractivity contribution in [3.05, 3.63) is 23.7 Å². The standard InChI is InChI=1S/C18H26N6O/c1-13-6-7-16-19-20-17(24(16)21-13)14-8-11-23(12-9-14)15-5-3-4-10-22(2)18(15)25/h6-7,14-15H,3-5,8-12H2,1-2H3. The fourth-order valence-electron chi connectivity index (χ4n) is 4.13. The predicted molar refractivity (Wildman–Crippen MR) is 94.3 cm³/mol. The van der Waals surface area contributed by atoms with Crippen LogP contribution in [0.5, 0.6) is 0 Å². The van der Waals surface area contributed by atoms with Gasteiger partial charge in [0.2, 0.25) is 5.91 Å². The number of aromatic nitrogens is 4. The number of carbonyl (C=O) groups is 1. The van der Waals surface area contributed by atoms with Gasteiger partial charge in [0.05, 0.1) is 11.7 Å². The molecule has 0 aliphatic carbocycles. The fourth-order valence-corrected chi connectivity index (χ4v) is 4.13. The Labute approximate surface area is 148 Å². The zero-order valence-corrected chi connectivity index (χ0v) is 15.1. The first-order valence-electron chi connectivity index (χ1n) is 9.31. The van der Waals surface area contributed by atoms with Gasteiger partial charge in [-0.15, -0.1) is 10.2 Å². The summed E-state index contributed by atoms with van der Waals surface area (Å²) in [7, 11) is 1.93. The molecule has 1 amide bonds. The Balaban J connectivity index is 1.47. The van der Waals surface area contributed by atoms with Gasteiger partial charge in [-0.3, -0.25) is 9.69 Å². The number of likely N-dealkylation sites (tertiary alicyclic amines) is 2. The lowest BCUT2D eigenvalue weighted by Gasteiger charge is -2.36. The smallest absolute Gasteiger partial charge is 0.239 e. The number of carbonyl (C=O) groups excluding carboxylic acids is 1. The van der Waals surface area contributed by atoms with E-state index in [0.717, 1.165) is 68.9 Å². The maximum absolute atomic E-state index is 12.6. The summed E-state index contributed by atoms with van der Waals surface area (Å²) >= 11 is 0. The van der Waals surface area contributed by atoms with Crippen LogP contribution in [0.25, 0.3) is 5.65 Å². The second-order valence-corrected chi connectivity index (χ2v) is 7.38. The molecule has 0 spiro atoms. The van der Waals surface area contributed by atoms with Gasteiger partial charge in [0.1, 0.15) is 0 Å². The van der Waals surface area contributed by atoms with Crippen molar-refractivity contribution in [1.82, 2.24) is 29.6 Å². The Morgan fingerprint density at radius 1 is 1.04 bits per heavy atom. The third-order valence-electron chi connectivity index (χ3n) is 5.64. The number of nitrogens with zero attached hydrogens (tertiary/aromatic N) is 6. The molecule has 4 heterocycles. The molecule has 7 heteroatoms. The van der Waals surface area contributed by atoms with E-state index in [9.17, 15) is 4.79 Å². The molecule has 7 nitrogen and oxygen atoms in total. The van der Waals surface area contributed by atoms with Crippen LogP contribution in [0.1, 0.15) is 49.5 Å². The number of aryl methyl sites for hydroxylation is 1. The van der Waals surface area contributed by atoms with Crippen molar-refractivity contribution in [2.45, 2.75) is 51.0 Å². The highest BCUT2D eigenvalue weighted by atomic mass is 16.2. The van der Waals surface area contributed by atoms with Gasteiger partial charge in [-0.1, -0.05) is 0 Å². The quantitative estimate of drug-likeness (QED) is 0.830. The number of likely N-dealkylation sites (N-methyl/N-ethyl adjacent to an activating group) is 1. The molecule has 1 atom stereocenters. The van der Waals surface area contributed by atoms with E-state index in [1.807, 2.05) is 35.5 Å². The molecular weight excluding hydrogens is 316 g/mol. The number of rotatable bonds is 2. The zero-order valence-electron chi connectivity index (χ0n) is 15.1. The molecule has 1 unspecified atom stereocenters. The monoisotopic (exact) mass is 342 g/mol. The molecule has 134 valence electrons. The summed E-state index contributed by atoms with van der Waals surface area (Å²) < 4.78 is 1.89. The number of hydrogen-bond donors (Lipinski definition) is 0. The van der Waals surface area contributed by atoms with Crippen molar-refractivity contribution in [3.8, 4) is 0 Å². The maximum Gasteiger partial charge on any atom is 0.239 e. The highest BCUT2D eigenvalue weighted by molar-refractivity contribution is 5.81. The zero-order chi connectivity index (χ0) is 17.4. The van der Waals surface area contributed by atoms with E-state index in [1.54, 1.807) is 0 Å². The highest BCUT2D eigenvalue weighted by Gasteiger charge is 2.34. The van der Waals surface area contributed by atoms with Crippen LogP contribution in [-0.4, -0.2) is 68.2 Å². The Kier molecular flexibility index (Phi) is 4.41. The first-order valence-corrected chi connectivity index (χ1v) is 9.31. The molecule has 2 saturated heterocycles. The molecule has 0 aromatic carbocycles. The minimum atomic E-state index is 0.0592. The Bertz CT molecular complexity index is 764. The van der Waals surface area contributed by atoms with E-state index in [2.05, 4.69) is 20.2 Å². The molecule has 2 aliphatic rings. The molecule has 4 rings (SSSR count). The Morgan fingerprint density at radius 3 is 2.64 bits per heavy atom. The Morgan fingerprint density at radius 2 is 1.84 bits per heavy atom. The van der Waals surface area contributed by atoms with Crippen molar-refractivity contribution in [2.75, 3.05) is 26.7 Å². The van der Waals surface area contributed by atoms with Crippen molar-refractivity contribution in [3.63, 3.8) is 0 Å². The first kappa shape index (κ1) is 16.4. The van der Waals surface area contributed by atoms with Gasteiger partial charge >= 0.3 is 0 Å². The van der Waals surface area contributed by atoms with Crippen LogP contribution in [-0.2, 0) is 4.79 Å². The normalized spacial score (nSPS) is 24.0. The minimum Gasteiger partial charge on any atom is -0.344 e. The number of amides is 1. The van der Waals surface area contributed by atoms with Crippen molar-refractivity contribution >= 4 is 11.6 Å². The molecule has 2 aliphatic heterocycles. The average molecular weight is 342 g/mol. The van der Waals surface area contributed by atoms with E-state index in [0.29, 0.717) is 11.8 Å².